The van der Waals surface area contributed by atoms with Crippen molar-refractivity contribution in [3.05, 3.63) is 40.2 Å². The quantitative estimate of drug-likeness (QED) is 0.724. The molecule has 2 rings (SSSR count). The van der Waals surface area contributed by atoms with Gasteiger partial charge in [0.25, 0.3) is 0 Å². The van der Waals surface area contributed by atoms with Crippen molar-refractivity contribution in [3.8, 4) is 5.75 Å². The first-order valence-corrected chi connectivity index (χ1v) is 4.61. The molecule has 0 aliphatic carbocycles. The number of methoxy groups -OCH3 is 1. The van der Waals surface area contributed by atoms with E-state index < -0.39 is 17.4 Å². The molecular weight excluding hydrogens is 237 g/mol. The molecule has 3 nitrogen and oxygen atoms in total. The highest BCUT2D eigenvalue weighted by Gasteiger charge is 2.35. The molecule has 6 heteroatoms. The Bertz CT molecular complexity index is 613. The van der Waals surface area contributed by atoms with Crippen LogP contribution in [0.2, 0.25) is 0 Å². The molecule has 0 atom stereocenters. The second kappa shape index (κ2) is 3.80. The summed E-state index contributed by atoms with van der Waals surface area (Å²) < 4.78 is 46.9. The van der Waals surface area contributed by atoms with Crippen molar-refractivity contribution in [2.24, 2.45) is 0 Å². The molecule has 1 aromatic carbocycles. The second-order valence-electron chi connectivity index (χ2n) is 3.35. The van der Waals surface area contributed by atoms with Gasteiger partial charge in [0, 0.05) is 5.39 Å². The Balaban J connectivity index is 2.73. The summed E-state index contributed by atoms with van der Waals surface area (Å²) in [5.41, 5.74) is -2.63. The summed E-state index contributed by atoms with van der Waals surface area (Å²) in [5, 5.41) is 0.163. The van der Waals surface area contributed by atoms with E-state index >= 15 is 0 Å². The Hall–Kier alpha value is -1.98. The molecule has 0 bridgehead atoms. The number of ether oxygens (including phenoxy) is 1. The Morgan fingerprint density at radius 2 is 1.94 bits per heavy atom. The van der Waals surface area contributed by atoms with E-state index in [1.165, 1.54) is 25.3 Å². The molecule has 0 saturated carbocycles. The number of halogens is 3. The number of alkyl halides is 3. The fourth-order valence-electron chi connectivity index (χ4n) is 1.43. The van der Waals surface area contributed by atoms with Crippen LogP contribution < -0.4 is 10.4 Å². The third-order valence-electron chi connectivity index (χ3n) is 2.24. The van der Waals surface area contributed by atoms with E-state index in [0.29, 0.717) is 5.75 Å². The molecule has 1 heterocycles. The second-order valence-corrected chi connectivity index (χ2v) is 3.35. The molecule has 2 aromatic rings. The average molecular weight is 244 g/mol. The minimum atomic E-state index is -4.72. The van der Waals surface area contributed by atoms with Crippen molar-refractivity contribution in [2.75, 3.05) is 7.11 Å². The summed E-state index contributed by atoms with van der Waals surface area (Å²) in [4.78, 5) is 11.1. The van der Waals surface area contributed by atoms with Gasteiger partial charge in [0.15, 0.2) is 0 Å². The molecule has 0 radical (unpaired) electrons. The largest absolute Gasteiger partial charge is 0.497 e. The van der Waals surface area contributed by atoms with Crippen LogP contribution in [0.5, 0.6) is 5.75 Å². The topological polar surface area (TPSA) is 39.4 Å². The van der Waals surface area contributed by atoms with Crippen molar-refractivity contribution >= 4 is 11.0 Å². The Labute approximate surface area is 93.4 Å². The van der Waals surface area contributed by atoms with Crippen molar-refractivity contribution < 1.29 is 22.3 Å². The van der Waals surface area contributed by atoms with Crippen molar-refractivity contribution in [1.29, 1.82) is 0 Å². The maximum Gasteiger partial charge on any atom is 0.423 e. The van der Waals surface area contributed by atoms with Crippen LogP contribution in [-0.2, 0) is 6.18 Å². The van der Waals surface area contributed by atoms with E-state index in [-0.39, 0.29) is 11.0 Å². The summed E-state index contributed by atoms with van der Waals surface area (Å²) in [5.74, 6) is 0.388. The van der Waals surface area contributed by atoms with E-state index in [2.05, 4.69) is 4.42 Å². The van der Waals surface area contributed by atoms with Gasteiger partial charge >= 0.3 is 11.8 Å². The third-order valence-corrected chi connectivity index (χ3v) is 2.24. The van der Waals surface area contributed by atoms with Gasteiger partial charge < -0.3 is 9.15 Å². The van der Waals surface area contributed by atoms with Gasteiger partial charge in [0.1, 0.15) is 16.9 Å². The number of fused-ring (bicyclic) bond motifs is 1. The van der Waals surface area contributed by atoms with Crippen LogP contribution in [0.25, 0.3) is 11.0 Å². The Morgan fingerprint density at radius 1 is 1.24 bits per heavy atom. The highest BCUT2D eigenvalue weighted by atomic mass is 19.4. The van der Waals surface area contributed by atoms with Gasteiger partial charge in [-0.05, 0) is 24.3 Å². The van der Waals surface area contributed by atoms with Gasteiger partial charge in [0.05, 0.1) is 7.11 Å². The maximum atomic E-state index is 12.5. The van der Waals surface area contributed by atoms with Gasteiger partial charge in [-0.15, -0.1) is 0 Å². The normalized spacial score (nSPS) is 11.8. The lowest BCUT2D eigenvalue weighted by Crippen LogP contribution is -2.17. The number of benzene rings is 1. The van der Waals surface area contributed by atoms with Crippen LogP contribution in [0.4, 0.5) is 13.2 Å². The van der Waals surface area contributed by atoms with Crippen LogP contribution >= 0.6 is 0 Å². The van der Waals surface area contributed by atoms with E-state index in [1.807, 2.05) is 0 Å². The molecule has 0 unspecified atom stereocenters. The zero-order chi connectivity index (χ0) is 12.6. The predicted octanol–water partition coefficient (Wildman–Crippen LogP) is 2.82. The Kier molecular flexibility index (Phi) is 2.57. The summed E-state index contributed by atoms with van der Waals surface area (Å²) in [6.45, 7) is 0. The van der Waals surface area contributed by atoms with Gasteiger partial charge in [-0.3, -0.25) is 0 Å². The molecule has 0 N–H and O–H groups in total. The summed E-state index contributed by atoms with van der Waals surface area (Å²) >= 11 is 0. The van der Waals surface area contributed by atoms with Gasteiger partial charge in [-0.2, -0.15) is 13.2 Å². The Morgan fingerprint density at radius 3 is 2.53 bits per heavy atom. The highest BCUT2D eigenvalue weighted by molar-refractivity contribution is 5.78. The minimum absolute atomic E-state index is 0.0869. The zero-order valence-corrected chi connectivity index (χ0v) is 8.67. The lowest BCUT2D eigenvalue weighted by atomic mass is 10.2. The molecule has 17 heavy (non-hydrogen) atoms. The number of rotatable bonds is 1. The molecule has 0 aliphatic rings. The molecule has 1 aromatic heterocycles. The smallest absolute Gasteiger partial charge is 0.423 e. The summed E-state index contributed by atoms with van der Waals surface area (Å²) in [6.07, 6.45) is -4.72. The van der Waals surface area contributed by atoms with Crippen LogP contribution in [0.3, 0.4) is 0 Å². The molecule has 90 valence electrons. The molecule has 0 fully saturated rings. The van der Waals surface area contributed by atoms with Gasteiger partial charge in [-0.1, -0.05) is 0 Å². The fourth-order valence-corrected chi connectivity index (χ4v) is 1.43. The SMILES string of the molecule is COc1ccc2oc(=O)c(C(F)(F)F)cc2c1. The summed E-state index contributed by atoms with van der Waals surface area (Å²) in [7, 11) is 1.39. The van der Waals surface area contributed by atoms with Crippen LogP contribution in [0.1, 0.15) is 5.56 Å². The molecule has 0 spiro atoms. The average Bonchev–Trinajstić information content (AvgIpc) is 2.26. The molecule has 0 amide bonds. The predicted molar refractivity (Wildman–Crippen MR) is 54.0 cm³/mol. The van der Waals surface area contributed by atoms with E-state index in [1.54, 1.807) is 0 Å². The van der Waals surface area contributed by atoms with Crippen LogP contribution in [0.15, 0.2) is 33.5 Å². The monoisotopic (exact) mass is 244 g/mol. The van der Waals surface area contributed by atoms with Crippen LogP contribution in [-0.4, -0.2) is 7.11 Å². The van der Waals surface area contributed by atoms with E-state index in [9.17, 15) is 18.0 Å². The zero-order valence-electron chi connectivity index (χ0n) is 8.67. The first-order chi connectivity index (χ1) is 7.91. The van der Waals surface area contributed by atoms with Crippen molar-refractivity contribution in [1.82, 2.24) is 0 Å². The van der Waals surface area contributed by atoms with Gasteiger partial charge in [0.2, 0.25) is 0 Å². The highest BCUT2D eigenvalue weighted by Crippen LogP contribution is 2.29. The number of hydrogen-bond donors (Lipinski definition) is 0. The van der Waals surface area contributed by atoms with Gasteiger partial charge in [-0.25, -0.2) is 4.79 Å². The lowest BCUT2D eigenvalue weighted by Gasteiger charge is -2.06. The number of hydrogen-bond acceptors (Lipinski definition) is 3. The fraction of sp³-hybridized carbons (Fsp3) is 0.182. The van der Waals surface area contributed by atoms with E-state index in [4.69, 9.17) is 4.74 Å². The summed E-state index contributed by atoms with van der Waals surface area (Å²) in [6, 6.07) is 5.01. The van der Waals surface area contributed by atoms with E-state index in [0.717, 1.165) is 6.07 Å². The first kappa shape index (κ1) is 11.5. The minimum Gasteiger partial charge on any atom is -0.497 e. The first-order valence-electron chi connectivity index (χ1n) is 4.61. The molecule has 0 aliphatic heterocycles. The molecular formula is C11H7F3O3. The third kappa shape index (κ3) is 2.11. The van der Waals surface area contributed by atoms with Crippen molar-refractivity contribution in [2.45, 2.75) is 6.18 Å². The maximum absolute atomic E-state index is 12.5. The molecule has 0 saturated heterocycles. The van der Waals surface area contributed by atoms with Crippen LogP contribution in [0, 0.1) is 0 Å². The van der Waals surface area contributed by atoms with Crippen molar-refractivity contribution in [3.63, 3.8) is 0 Å². The standard InChI is InChI=1S/C11H7F3O3/c1-16-7-2-3-9-6(4-7)5-8(10(15)17-9)11(12,13)14/h2-5H,1H3. The lowest BCUT2D eigenvalue weighted by molar-refractivity contribution is -0.139.